The van der Waals surface area contributed by atoms with Crippen molar-refractivity contribution in [2.45, 2.75) is 0 Å². The Morgan fingerprint density at radius 3 is 2.37 bits per heavy atom. The second-order valence-corrected chi connectivity index (χ2v) is 4.64. The van der Waals surface area contributed by atoms with Gasteiger partial charge in [0, 0.05) is 38.4 Å². The predicted molar refractivity (Wildman–Crippen MR) is 73.0 cm³/mol. The molecule has 1 aromatic rings. The number of halogens is 1. The van der Waals surface area contributed by atoms with Gasteiger partial charge in [0.05, 0.1) is 19.8 Å². The molecule has 4 nitrogen and oxygen atoms in total. The van der Waals surface area contributed by atoms with Crippen molar-refractivity contribution in [3.8, 4) is 0 Å². The van der Waals surface area contributed by atoms with Gasteiger partial charge in [-0.1, -0.05) is 0 Å². The van der Waals surface area contributed by atoms with E-state index in [-0.39, 0.29) is 12.4 Å². The molecule has 1 saturated heterocycles. The van der Waals surface area contributed by atoms with E-state index in [1.54, 1.807) is 0 Å². The molecule has 5 heteroatoms. The average molecular weight is 268 g/mol. The van der Waals surface area contributed by atoms with Crippen LogP contribution in [-0.4, -0.2) is 62.6 Å². The summed E-state index contributed by atoms with van der Waals surface area (Å²) in [5.41, 5.74) is 1.08. The van der Waals surface area contributed by atoms with E-state index >= 15 is 0 Å². The highest BCUT2D eigenvalue weighted by molar-refractivity contribution is 5.46. The van der Waals surface area contributed by atoms with E-state index in [1.165, 1.54) is 12.1 Å². The summed E-state index contributed by atoms with van der Waals surface area (Å²) in [6.45, 7) is 5.93. The number of ether oxygens (including phenoxy) is 1. The Morgan fingerprint density at radius 1 is 1.05 bits per heavy atom. The number of rotatable bonds is 6. The van der Waals surface area contributed by atoms with Crippen molar-refractivity contribution in [2.75, 3.05) is 57.4 Å². The molecule has 2 rings (SSSR count). The van der Waals surface area contributed by atoms with E-state index in [4.69, 9.17) is 9.84 Å². The van der Waals surface area contributed by atoms with Crippen molar-refractivity contribution in [3.05, 3.63) is 30.1 Å². The average Bonchev–Trinajstić information content (AvgIpc) is 2.45. The Balaban J connectivity index is 1.71. The van der Waals surface area contributed by atoms with Gasteiger partial charge in [0.15, 0.2) is 0 Å². The summed E-state index contributed by atoms with van der Waals surface area (Å²) in [6.07, 6.45) is 0. The molecule has 1 fully saturated rings. The maximum Gasteiger partial charge on any atom is 0.123 e. The fourth-order valence-corrected chi connectivity index (χ4v) is 2.24. The quantitative estimate of drug-likeness (QED) is 0.780. The number of anilines is 1. The molecule has 1 aromatic carbocycles. The number of aliphatic hydroxyl groups excluding tert-OH is 1. The first-order valence-corrected chi connectivity index (χ1v) is 6.71. The molecule has 0 aliphatic carbocycles. The standard InChI is InChI=1S/C14H21FN2O2/c15-13-1-3-14(4-2-13)17-7-5-16(6-8-17)9-11-19-12-10-18/h1-4,18H,5-12H2. The van der Waals surface area contributed by atoms with Crippen molar-refractivity contribution >= 4 is 5.69 Å². The lowest BCUT2D eigenvalue weighted by atomic mass is 10.2. The van der Waals surface area contributed by atoms with E-state index in [1.807, 2.05) is 12.1 Å². The molecule has 0 unspecified atom stereocenters. The van der Waals surface area contributed by atoms with Gasteiger partial charge in [-0.3, -0.25) is 4.90 Å². The number of benzene rings is 1. The molecule has 0 spiro atoms. The molecule has 106 valence electrons. The SMILES string of the molecule is OCCOCCN1CCN(c2ccc(F)cc2)CC1. The van der Waals surface area contributed by atoms with Gasteiger partial charge >= 0.3 is 0 Å². The molecular formula is C14H21FN2O2. The Labute approximate surface area is 113 Å². The Hall–Kier alpha value is -1.17. The van der Waals surface area contributed by atoms with Crippen LogP contribution >= 0.6 is 0 Å². The number of aliphatic hydroxyl groups is 1. The predicted octanol–water partition coefficient (Wildman–Crippen LogP) is 0.957. The van der Waals surface area contributed by atoms with Crippen molar-refractivity contribution in [1.29, 1.82) is 0 Å². The third-order valence-corrected chi connectivity index (χ3v) is 3.35. The summed E-state index contributed by atoms with van der Waals surface area (Å²) in [6, 6.07) is 6.67. The first kappa shape index (κ1) is 14.2. The molecule has 1 aliphatic heterocycles. The van der Waals surface area contributed by atoms with Gasteiger partial charge in [-0.2, -0.15) is 0 Å². The van der Waals surface area contributed by atoms with Gasteiger partial charge in [-0.05, 0) is 24.3 Å². The van der Waals surface area contributed by atoms with E-state index in [0.717, 1.165) is 38.4 Å². The molecule has 19 heavy (non-hydrogen) atoms. The number of hydrogen-bond donors (Lipinski definition) is 1. The van der Waals surface area contributed by atoms with Crippen LogP contribution in [0, 0.1) is 5.82 Å². The maximum atomic E-state index is 12.9. The van der Waals surface area contributed by atoms with Crippen molar-refractivity contribution in [3.63, 3.8) is 0 Å². The molecule has 1 heterocycles. The van der Waals surface area contributed by atoms with Crippen LogP contribution in [0.4, 0.5) is 10.1 Å². The lowest BCUT2D eigenvalue weighted by Gasteiger charge is -2.36. The highest BCUT2D eigenvalue weighted by Gasteiger charge is 2.16. The van der Waals surface area contributed by atoms with E-state index in [9.17, 15) is 4.39 Å². The summed E-state index contributed by atoms with van der Waals surface area (Å²) in [5, 5.41) is 8.61. The lowest BCUT2D eigenvalue weighted by Crippen LogP contribution is -2.47. The van der Waals surface area contributed by atoms with Crippen LogP contribution in [0.2, 0.25) is 0 Å². The van der Waals surface area contributed by atoms with Crippen molar-refractivity contribution in [2.24, 2.45) is 0 Å². The van der Waals surface area contributed by atoms with E-state index in [0.29, 0.717) is 13.2 Å². The zero-order chi connectivity index (χ0) is 13.5. The Kier molecular flexibility index (Phi) is 5.57. The minimum absolute atomic E-state index is 0.0817. The molecule has 0 radical (unpaired) electrons. The van der Waals surface area contributed by atoms with Crippen LogP contribution in [0.5, 0.6) is 0 Å². The molecule has 0 saturated carbocycles. The zero-order valence-corrected chi connectivity index (χ0v) is 11.1. The van der Waals surface area contributed by atoms with Crippen LogP contribution in [0.3, 0.4) is 0 Å². The number of nitrogens with zero attached hydrogens (tertiary/aromatic N) is 2. The van der Waals surface area contributed by atoms with Gasteiger partial charge in [0.25, 0.3) is 0 Å². The van der Waals surface area contributed by atoms with E-state index < -0.39 is 0 Å². The van der Waals surface area contributed by atoms with Crippen molar-refractivity contribution < 1.29 is 14.2 Å². The topological polar surface area (TPSA) is 35.9 Å². The van der Waals surface area contributed by atoms with Gasteiger partial charge in [0.2, 0.25) is 0 Å². The molecular weight excluding hydrogens is 247 g/mol. The largest absolute Gasteiger partial charge is 0.394 e. The minimum atomic E-state index is -0.191. The van der Waals surface area contributed by atoms with Crippen molar-refractivity contribution in [1.82, 2.24) is 4.90 Å². The highest BCUT2D eigenvalue weighted by atomic mass is 19.1. The minimum Gasteiger partial charge on any atom is -0.394 e. The number of hydrogen-bond acceptors (Lipinski definition) is 4. The van der Waals surface area contributed by atoms with Crippen LogP contribution in [0.1, 0.15) is 0 Å². The summed E-state index contributed by atoms with van der Waals surface area (Å²) in [7, 11) is 0. The normalized spacial score (nSPS) is 16.8. The smallest absolute Gasteiger partial charge is 0.123 e. The molecule has 0 bridgehead atoms. The zero-order valence-electron chi connectivity index (χ0n) is 11.1. The van der Waals surface area contributed by atoms with Gasteiger partial charge in [0.1, 0.15) is 5.82 Å². The molecule has 0 aromatic heterocycles. The fourth-order valence-electron chi connectivity index (χ4n) is 2.24. The first-order chi connectivity index (χ1) is 9.29. The summed E-state index contributed by atoms with van der Waals surface area (Å²) in [5.74, 6) is -0.191. The first-order valence-electron chi connectivity index (χ1n) is 6.71. The van der Waals surface area contributed by atoms with Gasteiger partial charge in [-0.25, -0.2) is 4.39 Å². The van der Waals surface area contributed by atoms with Crippen LogP contribution in [-0.2, 0) is 4.74 Å². The third kappa shape index (κ3) is 4.45. The molecule has 0 atom stereocenters. The molecule has 0 amide bonds. The Bertz CT molecular complexity index is 364. The van der Waals surface area contributed by atoms with Gasteiger partial charge in [-0.15, -0.1) is 0 Å². The van der Waals surface area contributed by atoms with Gasteiger partial charge < -0.3 is 14.7 Å². The Morgan fingerprint density at radius 2 is 1.74 bits per heavy atom. The lowest BCUT2D eigenvalue weighted by molar-refractivity contribution is 0.0724. The second kappa shape index (κ2) is 7.43. The van der Waals surface area contributed by atoms with Crippen LogP contribution < -0.4 is 4.90 Å². The fraction of sp³-hybridized carbons (Fsp3) is 0.571. The third-order valence-electron chi connectivity index (χ3n) is 3.35. The monoisotopic (exact) mass is 268 g/mol. The maximum absolute atomic E-state index is 12.9. The number of piperazine rings is 1. The summed E-state index contributed by atoms with van der Waals surface area (Å²) >= 11 is 0. The molecule has 1 aliphatic rings. The van der Waals surface area contributed by atoms with Crippen LogP contribution in [0.15, 0.2) is 24.3 Å². The summed E-state index contributed by atoms with van der Waals surface area (Å²) in [4.78, 5) is 4.61. The second-order valence-electron chi connectivity index (χ2n) is 4.64. The van der Waals surface area contributed by atoms with Crippen LogP contribution in [0.25, 0.3) is 0 Å². The van der Waals surface area contributed by atoms with E-state index in [2.05, 4.69) is 9.80 Å². The molecule has 1 N–H and O–H groups in total. The highest BCUT2D eigenvalue weighted by Crippen LogP contribution is 2.16. The summed E-state index contributed by atoms with van der Waals surface area (Å²) < 4.78 is 18.1.